The normalized spacial score (nSPS) is 12.3. The van der Waals surface area contributed by atoms with Gasteiger partial charge in [0.25, 0.3) is 10.0 Å². The van der Waals surface area contributed by atoms with Crippen LogP contribution in [0.1, 0.15) is 25.3 Å². The summed E-state index contributed by atoms with van der Waals surface area (Å²) in [5, 5.41) is 13.2. The maximum atomic E-state index is 12.2. The first-order valence-corrected chi connectivity index (χ1v) is 10.4. The summed E-state index contributed by atoms with van der Waals surface area (Å²) in [7, 11) is -3.61. The number of carbonyl (C=O) groups is 2. The molecule has 0 aliphatic heterocycles. The molecule has 0 aliphatic carbocycles. The van der Waals surface area contributed by atoms with Crippen LogP contribution in [0.5, 0.6) is 0 Å². The highest BCUT2D eigenvalue weighted by Gasteiger charge is 2.19. The van der Waals surface area contributed by atoms with Crippen LogP contribution in [0.2, 0.25) is 0 Å². The Hall–Kier alpha value is -2.39. The number of carboxylic acid groups (broad SMARTS) is 1. The molecule has 1 aromatic carbocycles. The van der Waals surface area contributed by atoms with E-state index in [1.165, 1.54) is 6.07 Å². The number of nitrogens with one attached hydrogen (secondary N) is 2. The fourth-order valence-electron chi connectivity index (χ4n) is 2.29. The van der Waals surface area contributed by atoms with Gasteiger partial charge in [-0.2, -0.15) is 0 Å². The second kappa shape index (κ2) is 8.81. The highest BCUT2D eigenvalue weighted by molar-refractivity contribution is 7.94. The summed E-state index contributed by atoms with van der Waals surface area (Å²) in [5.41, 5.74) is 1.04. The van der Waals surface area contributed by atoms with E-state index in [0.29, 0.717) is 24.1 Å². The SMILES string of the molecule is CCCC(NC(=O)Cc1ccc(NS(=O)(=O)c2cccs2)cc1)C(=O)O. The summed E-state index contributed by atoms with van der Waals surface area (Å²) in [6.07, 6.45) is 1.03. The number of hydrogen-bond acceptors (Lipinski definition) is 5. The molecular formula is C17H20N2O5S2. The molecule has 0 bridgehead atoms. The molecule has 0 spiro atoms. The van der Waals surface area contributed by atoms with Gasteiger partial charge in [0.1, 0.15) is 10.3 Å². The van der Waals surface area contributed by atoms with Gasteiger partial charge in [0.2, 0.25) is 5.91 Å². The Balaban J connectivity index is 1.97. The second-order valence-electron chi connectivity index (χ2n) is 5.66. The van der Waals surface area contributed by atoms with Crippen molar-refractivity contribution in [2.45, 2.75) is 36.4 Å². The average molecular weight is 396 g/mol. The lowest BCUT2D eigenvalue weighted by Gasteiger charge is -2.13. The monoisotopic (exact) mass is 396 g/mol. The average Bonchev–Trinajstić information content (AvgIpc) is 3.11. The number of sulfonamides is 1. The molecule has 140 valence electrons. The minimum atomic E-state index is -3.61. The highest BCUT2D eigenvalue weighted by Crippen LogP contribution is 2.20. The van der Waals surface area contributed by atoms with Gasteiger partial charge in [-0.1, -0.05) is 31.5 Å². The molecule has 7 nitrogen and oxygen atoms in total. The van der Waals surface area contributed by atoms with Gasteiger partial charge in [0.15, 0.2) is 0 Å². The van der Waals surface area contributed by atoms with E-state index in [4.69, 9.17) is 5.11 Å². The summed E-state index contributed by atoms with van der Waals surface area (Å²) in [5.74, 6) is -1.45. The Bertz CT molecular complexity index is 846. The highest BCUT2D eigenvalue weighted by atomic mass is 32.2. The zero-order valence-corrected chi connectivity index (χ0v) is 15.8. The zero-order chi connectivity index (χ0) is 19.2. The van der Waals surface area contributed by atoms with Crippen molar-refractivity contribution >= 4 is 38.9 Å². The summed E-state index contributed by atoms with van der Waals surface area (Å²) in [6.45, 7) is 1.85. The van der Waals surface area contributed by atoms with E-state index >= 15 is 0 Å². The molecule has 1 aromatic heterocycles. The Morgan fingerprint density at radius 3 is 2.42 bits per heavy atom. The number of amides is 1. The van der Waals surface area contributed by atoms with Gasteiger partial charge in [-0.05, 0) is 35.6 Å². The van der Waals surface area contributed by atoms with Crippen molar-refractivity contribution in [2.75, 3.05) is 4.72 Å². The smallest absolute Gasteiger partial charge is 0.326 e. The number of anilines is 1. The van der Waals surface area contributed by atoms with Gasteiger partial charge in [-0.3, -0.25) is 9.52 Å². The lowest BCUT2D eigenvalue weighted by molar-refractivity contribution is -0.141. The van der Waals surface area contributed by atoms with E-state index in [1.54, 1.807) is 35.7 Å². The zero-order valence-electron chi connectivity index (χ0n) is 14.1. The molecule has 26 heavy (non-hydrogen) atoms. The Morgan fingerprint density at radius 2 is 1.88 bits per heavy atom. The Labute approximate surface area is 156 Å². The van der Waals surface area contributed by atoms with Crippen molar-refractivity contribution in [1.82, 2.24) is 5.32 Å². The minimum absolute atomic E-state index is 0.0193. The first kappa shape index (κ1) is 19.9. The standard InChI is InChI=1S/C17H20N2O5S2/c1-2-4-14(17(21)22)18-15(20)11-12-6-8-13(9-7-12)19-26(23,24)16-5-3-10-25-16/h3,5-10,14,19H,2,4,11H2,1H3,(H,18,20)(H,21,22). The number of hydrogen-bond donors (Lipinski definition) is 3. The Morgan fingerprint density at radius 1 is 1.19 bits per heavy atom. The second-order valence-corrected chi connectivity index (χ2v) is 8.52. The molecule has 2 rings (SSSR count). The van der Waals surface area contributed by atoms with E-state index in [0.717, 1.165) is 11.3 Å². The maximum Gasteiger partial charge on any atom is 0.326 e. The van der Waals surface area contributed by atoms with Crippen LogP contribution in [0.3, 0.4) is 0 Å². The van der Waals surface area contributed by atoms with Gasteiger partial charge in [0, 0.05) is 5.69 Å². The minimum Gasteiger partial charge on any atom is -0.480 e. The van der Waals surface area contributed by atoms with Crippen molar-refractivity contribution in [1.29, 1.82) is 0 Å². The van der Waals surface area contributed by atoms with Gasteiger partial charge in [-0.15, -0.1) is 11.3 Å². The van der Waals surface area contributed by atoms with Crippen molar-refractivity contribution in [3.05, 3.63) is 47.3 Å². The van der Waals surface area contributed by atoms with Crippen LogP contribution in [0.4, 0.5) is 5.69 Å². The van der Waals surface area contributed by atoms with Crippen LogP contribution in [0, 0.1) is 0 Å². The third kappa shape index (κ3) is 5.57. The lowest BCUT2D eigenvalue weighted by Crippen LogP contribution is -2.41. The summed E-state index contributed by atoms with van der Waals surface area (Å²) < 4.78 is 27.0. The van der Waals surface area contributed by atoms with E-state index in [-0.39, 0.29) is 10.6 Å². The molecule has 2 aromatic rings. The van der Waals surface area contributed by atoms with Crippen LogP contribution in [0.15, 0.2) is 46.0 Å². The number of carbonyl (C=O) groups excluding carboxylic acids is 1. The van der Waals surface area contributed by atoms with Crippen molar-refractivity contribution in [2.24, 2.45) is 0 Å². The van der Waals surface area contributed by atoms with Crippen LogP contribution in [0.25, 0.3) is 0 Å². The van der Waals surface area contributed by atoms with E-state index in [1.807, 2.05) is 6.92 Å². The van der Waals surface area contributed by atoms with E-state index in [9.17, 15) is 18.0 Å². The van der Waals surface area contributed by atoms with Crippen molar-refractivity contribution < 1.29 is 23.1 Å². The van der Waals surface area contributed by atoms with Gasteiger partial charge < -0.3 is 10.4 Å². The van der Waals surface area contributed by atoms with Gasteiger partial charge in [-0.25, -0.2) is 13.2 Å². The van der Waals surface area contributed by atoms with Crippen LogP contribution < -0.4 is 10.0 Å². The third-order valence-electron chi connectivity index (χ3n) is 3.54. The predicted octanol–water partition coefficient (Wildman–Crippen LogP) is 2.46. The molecule has 9 heteroatoms. The quantitative estimate of drug-likeness (QED) is 0.603. The molecule has 0 saturated heterocycles. The maximum absolute atomic E-state index is 12.2. The summed E-state index contributed by atoms with van der Waals surface area (Å²) >= 11 is 1.12. The molecule has 0 fully saturated rings. The molecular weight excluding hydrogens is 376 g/mol. The molecule has 0 saturated carbocycles. The number of rotatable bonds is 9. The van der Waals surface area contributed by atoms with Crippen molar-refractivity contribution in [3.63, 3.8) is 0 Å². The molecule has 1 unspecified atom stereocenters. The predicted molar refractivity (Wildman–Crippen MR) is 99.7 cm³/mol. The molecule has 0 aliphatic rings. The molecule has 1 amide bonds. The van der Waals surface area contributed by atoms with Crippen LogP contribution >= 0.6 is 11.3 Å². The molecule has 0 radical (unpaired) electrons. The van der Waals surface area contributed by atoms with Gasteiger partial charge in [0.05, 0.1) is 6.42 Å². The first-order chi connectivity index (χ1) is 12.3. The summed E-state index contributed by atoms with van der Waals surface area (Å²) in [4.78, 5) is 23.1. The Kier molecular flexibility index (Phi) is 6.76. The molecule has 1 heterocycles. The van der Waals surface area contributed by atoms with E-state index in [2.05, 4.69) is 10.0 Å². The third-order valence-corrected chi connectivity index (χ3v) is 6.32. The molecule has 3 N–H and O–H groups in total. The van der Waals surface area contributed by atoms with E-state index < -0.39 is 27.9 Å². The number of benzene rings is 1. The number of carboxylic acids is 1. The number of thiophene rings is 1. The first-order valence-electron chi connectivity index (χ1n) is 7.99. The fraction of sp³-hybridized carbons (Fsp3) is 0.294. The topological polar surface area (TPSA) is 113 Å². The van der Waals surface area contributed by atoms with Crippen LogP contribution in [-0.2, 0) is 26.0 Å². The lowest BCUT2D eigenvalue weighted by atomic mass is 10.1. The van der Waals surface area contributed by atoms with Gasteiger partial charge >= 0.3 is 5.97 Å². The summed E-state index contributed by atoms with van der Waals surface area (Å²) in [6, 6.07) is 8.65. The van der Waals surface area contributed by atoms with Crippen molar-refractivity contribution in [3.8, 4) is 0 Å². The largest absolute Gasteiger partial charge is 0.480 e. The fourth-order valence-corrected chi connectivity index (χ4v) is 4.34. The number of aliphatic carboxylic acids is 1. The molecule has 1 atom stereocenters. The van der Waals surface area contributed by atoms with Crippen LogP contribution in [-0.4, -0.2) is 31.4 Å².